The van der Waals surface area contributed by atoms with Crippen LogP contribution in [0.1, 0.15) is 120 Å². The van der Waals surface area contributed by atoms with Crippen LogP contribution in [0.15, 0.2) is 48.7 Å². The molecule has 32 nitrogen and oxygen atoms in total. The van der Waals surface area contributed by atoms with Crippen molar-refractivity contribution in [2.45, 2.75) is 201 Å². The number of nitrogens with one attached hydrogen (secondary N) is 6. The number of benzene rings is 2. The zero-order chi connectivity index (χ0) is 72.6. The quantitative estimate of drug-likeness (QED) is 0.0415. The van der Waals surface area contributed by atoms with E-state index in [4.69, 9.17) is 14.8 Å². The number of phenolic OH excluding ortho intramolecular Hbond substituents is 1. The van der Waals surface area contributed by atoms with Crippen LogP contribution in [0, 0.1) is 17.8 Å². The number of aromatic hydroxyl groups is 1. The van der Waals surface area contributed by atoms with Crippen LogP contribution in [0.4, 0.5) is 5.69 Å². The number of hydrogen-bond donors (Lipinski definition) is 16. The van der Waals surface area contributed by atoms with Gasteiger partial charge in [0.25, 0.3) is 0 Å². The highest BCUT2D eigenvalue weighted by atomic mass is 32.3. The molecule has 1 unspecified atom stereocenters. The Morgan fingerprint density at radius 2 is 1.46 bits per heavy atom. The Balaban J connectivity index is 0.853. The molecule has 0 bridgehead atoms. The Bertz CT molecular complexity index is 3590. The van der Waals surface area contributed by atoms with Gasteiger partial charge in [0.15, 0.2) is 11.5 Å². The molecule has 4 saturated heterocycles. The van der Waals surface area contributed by atoms with Crippen molar-refractivity contribution >= 4 is 67.8 Å². The number of methoxy groups -OCH3 is 1. The second-order valence-corrected chi connectivity index (χ2v) is 30.2. The van der Waals surface area contributed by atoms with Gasteiger partial charge in [-0.15, -0.1) is 0 Å². The highest BCUT2D eigenvalue weighted by Gasteiger charge is 2.50. The van der Waals surface area contributed by atoms with Crippen molar-refractivity contribution in [3.05, 3.63) is 59.2 Å². The molecule has 4 aliphatic heterocycles. The van der Waals surface area contributed by atoms with E-state index in [1.165, 1.54) is 63.0 Å². The number of anilines is 1. The lowest BCUT2D eigenvalue weighted by molar-refractivity contribution is -0.147. The predicted octanol–water partition coefficient (Wildman–Crippen LogP) is -1.67. The monoisotopic (exact) mass is 1450 g/mol. The van der Waals surface area contributed by atoms with E-state index >= 15 is 4.79 Å². The summed E-state index contributed by atoms with van der Waals surface area (Å²) in [4.78, 5) is 98.3. The number of aliphatic hydroxyl groups is 8. The molecule has 6 heterocycles. The maximum absolute atomic E-state index is 15.0. The Hall–Kier alpha value is -6.77. The minimum atomic E-state index is -5.22. The molecule has 2 aliphatic carbocycles. The Morgan fingerprint density at radius 3 is 2.11 bits per heavy atom. The number of imidazole rings is 1. The lowest BCUT2D eigenvalue weighted by Gasteiger charge is -2.47. The zero-order valence-electron chi connectivity index (χ0n) is 57.0. The third kappa shape index (κ3) is 18.6. The molecule has 10 rings (SSSR count). The Labute approximate surface area is 589 Å². The smallest absolute Gasteiger partial charge is 0.446 e. The van der Waals surface area contributed by atoms with Gasteiger partial charge in [-0.1, -0.05) is 55.7 Å². The van der Waals surface area contributed by atoms with Crippen molar-refractivity contribution in [3.63, 3.8) is 0 Å². The molecule has 34 heteroatoms. The van der Waals surface area contributed by atoms with Gasteiger partial charge < -0.3 is 101 Å². The molecule has 0 radical (unpaired) electrons. The van der Waals surface area contributed by atoms with Crippen molar-refractivity contribution in [2.24, 2.45) is 17.8 Å². The summed E-state index contributed by atoms with van der Waals surface area (Å²) in [6, 6.07) is -0.276. The number of carbonyl (C=O) groups excluding carboxylic acids is 6. The van der Waals surface area contributed by atoms with Gasteiger partial charge in [0.05, 0.1) is 79.4 Å². The van der Waals surface area contributed by atoms with E-state index in [1.54, 1.807) is 0 Å². The van der Waals surface area contributed by atoms with Crippen molar-refractivity contribution in [2.75, 3.05) is 71.0 Å². The summed E-state index contributed by atoms with van der Waals surface area (Å²) in [5, 5.41) is 121. The number of fused-ring (bicyclic) bond motifs is 3. The third-order valence-corrected chi connectivity index (χ3v) is 22.7. The third-order valence-electron chi connectivity index (χ3n) is 21.2. The summed E-state index contributed by atoms with van der Waals surface area (Å²) in [6.07, 6.45) is 0.985. The second-order valence-electron chi connectivity index (χ2n) is 28.2. The SMILES string of the molecule is COC1(C2CCCCC2)CCN(c2ccc(-c3cn4nc([C@H]5CC[C@H](CN[C@H]6C[C@@H](O)CNC(=O)[C@@H]7[C@@H](O)[C@@H](C)CN7C(=O)[C@H]([C@H](O)CCNC(CO)CO)NC(=O)[C@H]([C@H](O)Cc7ccc(O)c(OS(=O)(=O)O)c7)NC(=O)[C@@H]7C[C@@H](O)CN7C(=O)C([C@@H](C)O)NC6=O)CC5)sc4n3)cc2)CC1. The first kappa shape index (κ1) is 76.9. The van der Waals surface area contributed by atoms with E-state index in [9.17, 15) is 82.9 Å². The molecule has 13 atom stereocenters. The van der Waals surface area contributed by atoms with Crippen LogP contribution in [0.5, 0.6) is 11.5 Å². The molecule has 0 spiro atoms. The van der Waals surface area contributed by atoms with Crippen LogP contribution < -0.4 is 41.0 Å². The van der Waals surface area contributed by atoms with E-state index in [1.807, 2.05) is 17.8 Å². The molecule has 2 saturated carbocycles. The number of β-amino-alcohol motifs (C(OH)–C–C–N with tert-alkyl or cyclic N) is 1. The first-order valence-electron chi connectivity index (χ1n) is 35.0. The van der Waals surface area contributed by atoms with Gasteiger partial charge in [0.1, 0.15) is 35.2 Å². The highest BCUT2D eigenvalue weighted by molar-refractivity contribution is 7.81. The number of rotatable bonds is 21. The van der Waals surface area contributed by atoms with Crippen LogP contribution in [0.2, 0.25) is 0 Å². The number of aromatic nitrogens is 3. The summed E-state index contributed by atoms with van der Waals surface area (Å²) in [5.74, 6) is -8.41. The van der Waals surface area contributed by atoms with Crippen LogP contribution in [-0.4, -0.2) is 269 Å². The molecule has 6 amide bonds. The maximum Gasteiger partial charge on any atom is 0.446 e. The molecule has 16 N–H and O–H groups in total. The second kappa shape index (κ2) is 33.8. The average Bonchev–Trinajstić information content (AvgIpc) is 1.71. The minimum absolute atomic E-state index is 0.00379. The number of piperidine rings is 1. The fraction of sp³-hybridized carbons (Fsp3) is 0.672. The van der Waals surface area contributed by atoms with Gasteiger partial charge in [-0.3, -0.25) is 33.3 Å². The normalized spacial score (nSPS) is 28.9. The summed E-state index contributed by atoms with van der Waals surface area (Å²) < 4.78 is 45.2. The summed E-state index contributed by atoms with van der Waals surface area (Å²) in [5.41, 5.74) is 2.84. The lowest BCUT2D eigenvalue weighted by atomic mass is 9.72. The number of carbonyl (C=O) groups is 6. The van der Waals surface area contributed by atoms with Crippen molar-refractivity contribution in [1.82, 2.24) is 56.3 Å². The number of hydrogen-bond acceptors (Lipinski definition) is 25. The van der Waals surface area contributed by atoms with Crippen molar-refractivity contribution in [3.8, 4) is 22.8 Å². The van der Waals surface area contributed by atoms with Crippen LogP contribution in [-0.2, 0) is 50.3 Å². The van der Waals surface area contributed by atoms with Crippen molar-refractivity contribution < 1.29 is 96.6 Å². The van der Waals surface area contributed by atoms with Gasteiger partial charge in [-0.25, -0.2) is 9.50 Å². The summed E-state index contributed by atoms with van der Waals surface area (Å²) in [6.45, 7) is 2.08. The van der Waals surface area contributed by atoms with E-state index in [0.717, 1.165) is 88.0 Å². The lowest BCUT2D eigenvalue weighted by Crippen LogP contribution is -2.64. The molecule has 101 heavy (non-hydrogen) atoms. The number of phenols is 1. The maximum atomic E-state index is 15.0. The number of aliphatic hydroxyl groups excluding tert-OH is 8. The van der Waals surface area contributed by atoms with Crippen LogP contribution in [0.3, 0.4) is 0 Å². The van der Waals surface area contributed by atoms with Crippen LogP contribution in [0.25, 0.3) is 16.2 Å². The topological polar surface area (TPSA) is 469 Å². The first-order chi connectivity index (χ1) is 48.2. The Kier molecular flexibility index (Phi) is 25.7. The molecular weight excluding hydrogens is 1360 g/mol. The molecule has 2 aromatic heterocycles. The molecular formula is C67H98N12O20S2. The van der Waals surface area contributed by atoms with Gasteiger partial charge in [-0.2, -0.15) is 13.5 Å². The summed E-state index contributed by atoms with van der Waals surface area (Å²) >= 11 is 1.53. The van der Waals surface area contributed by atoms with E-state index < -0.39 is 194 Å². The first-order valence-corrected chi connectivity index (χ1v) is 37.2. The fourth-order valence-corrected chi connectivity index (χ4v) is 16.7. The Morgan fingerprint density at radius 1 is 0.782 bits per heavy atom. The average molecular weight is 1460 g/mol. The van der Waals surface area contributed by atoms with Crippen LogP contribution >= 0.6 is 11.3 Å². The van der Waals surface area contributed by atoms with Gasteiger partial charge in [-0.05, 0) is 126 Å². The molecule has 2 aromatic carbocycles. The zero-order valence-corrected chi connectivity index (χ0v) is 58.6. The molecule has 6 fully saturated rings. The minimum Gasteiger partial charge on any atom is -0.504 e. The number of nitrogens with zero attached hydrogens (tertiary/aromatic N) is 6. The van der Waals surface area contributed by atoms with Crippen molar-refractivity contribution in [1.29, 1.82) is 0 Å². The van der Waals surface area contributed by atoms with E-state index in [-0.39, 0.29) is 42.6 Å². The highest BCUT2D eigenvalue weighted by Crippen LogP contribution is 2.43. The predicted molar refractivity (Wildman–Crippen MR) is 365 cm³/mol. The van der Waals surface area contributed by atoms with Gasteiger partial charge >= 0.3 is 10.4 Å². The van der Waals surface area contributed by atoms with E-state index in [0.29, 0.717) is 18.8 Å². The molecule has 558 valence electrons. The molecule has 6 aliphatic rings. The largest absolute Gasteiger partial charge is 0.504 e. The van der Waals surface area contributed by atoms with E-state index in [2.05, 4.69) is 65.2 Å². The number of ether oxygens (including phenoxy) is 1. The number of amides is 6. The fourth-order valence-electron chi connectivity index (χ4n) is 15.3. The van der Waals surface area contributed by atoms with Gasteiger partial charge in [0, 0.05) is 75.8 Å². The summed E-state index contributed by atoms with van der Waals surface area (Å²) in [7, 11) is -3.34. The standard InChI is InChI=1S/C67H98N12O20S2/c1-36-31-78-57(58(36)88)62(92)70-30-45(83)27-47(69-29-38-9-12-41(13-10-38)63-75-79-33-48(71-66(79)100-63)40-14-16-44(17-15-40)76-23-20-67(98-3,21-24-76)42-7-5-4-6-8-42)59(89)72-54(37(2)82)64(93)77-32-46(84)28-49(77)60(90)73-55(52(87)25-39-11-18-50(85)53(26-39)99-101(95,96)97)61(91)74-56(65(78)94)51(86)19-22-68-43(34-80)35-81/h11,14-18,26,33,36-38,41-43,45-47,49,51-52,54-58,68-69,80-88H,4-10,12-13,19-25,27-32,34-35H2,1-3H3,(H,70,92)(H,72,89)(H,73,90)(H,74,91)(H,95,96,97)/t36-,37+,38-,41-,45+,46+,47-,49-,51+,52+,54?,55-,56-,57-,58-/m0/s1. The van der Waals surface area contributed by atoms with Gasteiger partial charge in [0.2, 0.25) is 40.4 Å². The molecule has 4 aromatic rings.